The van der Waals surface area contributed by atoms with E-state index < -0.39 is 47.9 Å². The Morgan fingerprint density at radius 1 is 1.10 bits per heavy atom. The van der Waals surface area contributed by atoms with E-state index in [0.29, 0.717) is 10.9 Å². The lowest BCUT2D eigenvalue weighted by molar-refractivity contribution is -0.145. The Balaban J connectivity index is 1.83. The molecule has 2 fully saturated rings. The van der Waals surface area contributed by atoms with Gasteiger partial charge in [0, 0.05) is 25.6 Å². The van der Waals surface area contributed by atoms with E-state index in [1.54, 1.807) is 11.8 Å². The lowest BCUT2D eigenvalue weighted by Crippen LogP contribution is -2.61. The summed E-state index contributed by atoms with van der Waals surface area (Å²) >= 11 is 0. The number of aromatic amines is 1. The maximum Gasteiger partial charge on any atom is 0.389 e. The average molecular weight is 430 g/mol. The Bertz CT molecular complexity index is 1090. The molecule has 166 valence electrons. The number of nitrogens with zero attached hydrogens (tertiary/aromatic N) is 2. The van der Waals surface area contributed by atoms with Crippen molar-refractivity contribution in [3.8, 4) is 0 Å². The summed E-state index contributed by atoms with van der Waals surface area (Å²) in [5.41, 5.74) is 5.30. The topological polar surface area (TPSA) is 84.1 Å². The second kappa shape index (κ2) is 7.33. The van der Waals surface area contributed by atoms with Crippen molar-refractivity contribution in [2.75, 3.05) is 19.6 Å². The third kappa shape index (κ3) is 3.53. The van der Waals surface area contributed by atoms with Gasteiger partial charge < -0.3 is 5.73 Å². The van der Waals surface area contributed by atoms with E-state index in [0.717, 1.165) is 12.8 Å². The Labute approximate surface area is 170 Å². The van der Waals surface area contributed by atoms with Crippen molar-refractivity contribution in [2.24, 2.45) is 17.6 Å². The summed E-state index contributed by atoms with van der Waals surface area (Å²) in [6.07, 6.45) is -5.24. The number of nitrogens with one attached hydrogen (secondary N) is 1. The van der Waals surface area contributed by atoms with Crippen molar-refractivity contribution in [3.05, 3.63) is 31.4 Å². The quantitative estimate of drug-likeness (QED) is 0.677. The molecule has 0 aromatic carbocycles. The molecule has 3 N–H and O–H groups in total. The van der Waals surface area contributed by atoms with E-state index in [1.165, 1.54) is 11.5 Å². The highest BCUT2D eigenvalue weighted by atomic mass is 19.4. The molecule has 2 heterocycles. The number of rotatable bonds is 4. The number of H-pyrrole nitrogens is 1. The van der Waals surface area contributed by atoms with Crippen molar-refractivity contribution in [3.63, 3.8) is 0 Å². The van der Waals surface area contributed by atoms with E-state index in [-0.39, 0.29) is 36.5 Å². The molecule has 1 aliphatic heterocycles. The van der Waals surface area contributed by atoms with Crippen LogP contribution >= 0.6 is 0 Å². The molecule has 10 heteroatoms. The molecule has 0 amide bonds. The number of fused-ring (bicyclic) bond motifs is 1. The van der Waals surface area contributed by atoms with E-state index in [9.17, 15) is 22.8 Å². The third-order valence-corrected chi connectivity index (χ3v) is 6.75. The molecule has 0 spiro atoms. The Morgan fingerprint density at radius 2 is 1.73 bits per heavy atom. The number of nitrogens with two attached hydrogens (primary N) is 1. The summed E-state index contributed by atoms with van der Waals surface area (Å²) in [5, 5.41) is 0.593. The highest BCUT2D eigenvalue weighted by Gasteiger charge is 2.45. The number of likely N-dealkylation sites (tertiary alicyclic amines) is 1. The summed E-state index contributed by atoms with van der Waals surface area (Å²) in [4.78, 5) is 29.0. The fourth-order valence-electron chi connectivity index (χ4n) is 5.17. The van der Waals surface area contributed by atoms with Crippen molar-refractivity contribution in [1.29, 1.82) is 0 Å². The molecule has 4 rings (SSSR count). The van der Waals surface area contributed by atoms with Gasteiger partial charge in [-0.2, -0.15) is 13.2 Å². The molecule has 1 aromatic heterocycles. The monoisotopic (exact) mass is 430 g/mol. The molecule has 0 radical (unpaired) electrons. The lowest BCUT2D eigenvalue weighted by atomic mass is 9.90. The van der Waals surface area contributed by atoms with Crippen molar-refractivity contribution >= 4 is 11.1 Å². The molecule has 30 heavy (non-hydrogen) atoms. The third-order valence-electron chi connectivity index (χ3n) is 6.75. The lowest BCUT2D eigenvalue weighted by Gasteiger charge is -2.34. The first-order valence-corrected chi connectivity index (χ1v) is 10.2. The normalized spacial score (nSPS) is 30.1. The molecular formula is C20H26F4N4O2. The summed E-state index contributed by atoms with van der Waals surface area (Å²) in [6.45, 7) is 3.60. The van der Waals surface area contributed by atoms with Crippen LogP contribution < -0.4 is 27.6 Å². The average Bonchev–Trinajstić information content (AvgIpc) is 3.39. The maximum atomic E-state index is 15.6. The fraction of sp³-hybridized carbons (Fsp3) is 0.700. The van der Waals surface area contributed by atoms with Gasteiger partial charge in [-0.3, -0.25) is 19.2 Å². The number of alkyl halides is 4. The van der Waals surface area contributed by atoms with E-state index in [2.05, 4.69) is 4.98 Å². The minimum absolute atomic E-state index is 0.0454. The largest absolute Gasteiger partial charge is 0.389 e. The second-order valence-corrected chi connectivity index (χ2v) is 8.83. The number of halogens is 4. The summed E-state index contributed by atoms with van der Waals surface area (Å²) in [7, 11) is 0. The van der Waals surface area contributed by atoms with Crippen molar-refractivity contribution in [2.45, 2.75) is 57.5 Å². The van der Waals surface area contributed by atoms with Crippen LogP contribution in [0.4, 0.5) is 17.6 Å². The van der Waals surface area contributed by atoms with Crippen LogP contribution in [0.15, 0.2) is 9.59 Å². The van der Waals surface area contributed by atoms with Crippen LogP contribution in [-0.4, -0.2) is 52.5 Å². The fourth-order valence-corrected chi connectivity index (χ4v) is 5.17. The molecule has 4 atom stereocenters. The van der Waals surface area contributed by atoms with Crippen LogP contribution in [0.2, 0.25) is 0 Å². The van der Waals surface area contributed by atoms with Crippen LogP contribution in [0.1, 0.15) is 39.2 Å². The van der Waals surface area contributed by atoms with Gasteiger partial charge in [0.1, 0.15) is 6.17 Å². The zero-order valence-electron chi connectivity index (χ0n) is 16.9. The first kappa shape index (κ1) is 21.3. The highest BCUT2D eigenvalue weighted by Crippen LogP contribution is 2.38. The number of hydrogen-bond donors (Lipinski definition) is 2. The molecule has 4 unspecified atom stereocenters. The van der Waals surface area contributed by atoms with Crippen LogP contribution in [-0.2, 0) is 0 Å². The minimum Gasteiger partial charge on any atom is -0.330 e. The van der Waals surface area contributed by atoms with Crippen LogP contribution in [0.25, 0.3) is 11.1 Å². The minimum atomic E-state index is -4.32. The number of aromatic nitrogens is 2. The molecule has 1 saturated heterocycles. The molecule has 6 nitrogen and oxygen atoms in total. The van der Waals surface area contributed by atoms with Gasteiger partial charge >= 0.3 is 11.9 Å². The zero-order valence-corrected chi connectivity index (χ0v) is 16.9. The first-order valence-electron chi connectivity index (χ1n) is 10.2. The molecule has 3 aliphatic rings. The predicted octanol–water partition coefficient (Wildman–Crippen LogP) is 0.392. The van der Waals surface area contributed by atoms with Gasteiger partial charge in [-0.25, -0.2) is 9.18 Å². The van der Waals surface area contributed by atoms with Gasteiger partial charge in [-0.1, -0.05) is 0 Å². The first-order chi connectivity index (χ1) is 14.0. The SMILES string of the molecule is CC1=c2c(=O)[nH]c(=O)n(C3CC3)c2=C(C)C(N2CC(CN)C(CC(F)(F)F)C2)C1F. The van der Waals surface area contributed by atoms with Crippen LogP contribution in [0, 0.1) is 11.8 Å². The molecule has 0 bridgehead atoms. The Kier molecular flexibility index (Phi) is 5.21. The van der Waals surface area contributed by atoms with Crippen molar-refractivity contribution in [1.82, 2.24) is 14.5 Å². The molecule has 2 aliphatic carbocycles. The molecule has 1 saturated carbocycles. The Hall–Kier alpha value is -1.94. The van der Waals surface area contributed by atoms with Crippen LogP contribution in [0.5, 0.6) is 0 Å². The van der Waals surface area contributed by atoms with Gasteiger partial charge in [-0.15, -0.1) is 0 Å². The standard InChI is InChI=1S/C20H26F4N4O2/c1-9-14-16(28(13-3-4-13)19(30)26-18(14)29)10(2)17(15(9)21)27-7-11(5-20(22,23)24)12(6-25)8-27/h11-13,15,17H,3-8,25H2,1-2H3,(H,26,29,30). The molecular weight excluding hydrogens is 404 g/mol. The van der Waals surface area contributed by atoms with E-state index in [4.69, 9.17) is 5.73 Å². The van der Waals surface area contributed by atoms with Gasteiger partial charge in [0.2, 0.25) is 0 Å². The molecule has 1 aromatic rings. The van der Waals surface area contributed by atoms with E-state index in [1.807, 2.05) is 0 Å². The summed E-state index contributed by atoms with van der Waals surface area (Å²) < 4.78 is 56.1. The van der Waals surface area contributed by atoms with Gasteiger partial charge in [-0.05, 0) is 56.2 Å². The number of hydrogen-bond acceptors (Lipinski definition) is 4. The van der Waals surface area contributed by atoms with E-state index >= 15 is 4.39 Å². The summed E-state index contributed by atoms with van der Waals surface area (Å²) in [6, 6.07) is -0.869. The van der Waals surface area contributed by atoms with Gasteiger partial charge in [0.15, 0.2) is 0 Å². The summed E-state index contributed by atoms with van der Waals surface area (Å²) in [5.74, 6) is -1.10. The van der Waals surface area contributed by atoms with Crippen LogP contribution in [0.3, 0.4) is 0 Å². The Morgan fingerprint density at radius 3 is 2.30 bits per heavy atom. The second-order valence-electron chi connectivity index (χ2n) is 8.83. The maximum absolute atomic E-state index is 15.6. The van der Waals surface area contributed by atoms with Gasteiger partial charge in [0.05, 0.1) is 16.6 Å². The smallest absolute Gasteiger partial charge is 0.330 e. The zero-order chi connectivity index (χ0) is 22.0. The predicted molar refractivity (Wildman–Crippen MR) is 104 cm³/mol. The van der Waals surface area contributed by atoms with Gasteiger partial charge in [0.25, 0.3) is 5.56 Å². The highest BCUT2D eigenvalue weighted by molar-refractivity contribution is 5.62. The van der Waals surface area contributed by atoms with Crippen molar-refractivity contribution < 1.29 is 17.6 Å².